The number of rotatable bonds is 5. The Hall–Kier alpha value is -2.09. The summed E-state index contributed by atoms with van der Waals surface area (Å²) in [5.41, 5.74) is 2.69. The second-order valence-electron chi connectivity index (χ2n) is 6.97. The Labute approximate surface area is 173 Å². The van der Waals surface area contributed by atoms with Crippen molar-refractivity contribution in [1.29, 1.82) is 0 Å². The average Bonchev–Trinajstić information content (AvgIpc) is 3.32. The van der Waals surface area contributed by atoms with Gasteiger partial charge in [0.05, 0.1) is 33.0 Å². The molecule has 0 N–H and O–H groups in total. The van der Waals surface area contributed by atoms with Crippen molar-refractivity contribution in [3.05, 3.63) is 44.2 Å². The van der Waals surface area contributed by atoms with E-state index in [1.54, 1.807) is 17.4 Å². The molecule has 3 aromatic rings. The zero-order chi connectivity index (χ0) is 20.0. The molecule has 0 fully saturated rings. The molecule has 1 aliphatic heterocycles. The first-order valence-corrected chi connectivity index (χ1v) is 10.2. The minimum Gasteiger partial charge on any atom is -0.454 e. The maximum Gasteiger partial charge on any atom is 0.231 e. The Kier molecular flexibility index (Phi) is 5.07. The number of hydrogen-bond acceptors (Lipinski definition) is 7. The highest BCUT2D eigenvalue weighted by molar-refractivity contribution is 7.11. The lowest BCUT2D eigenvalue weighted by molar-refractivity contribution is 0.174. The van der Waals surface area contributed by atoms with Crippen LogP contribution in [0, 0.1) is 20.8 Å². The number of nitrogens with zero attached hydrogens (tertiary/aromatic N) is 3. The number of thiazole rings is 1. The van der Waals surface area contributed by atoms with Crippen LogP contribution in [0.1, 0.15) is 40.0 Å². The van der Waals surface area contributed by atoms with E-state index in [0.717, 1.165) is 22.2 Å². The summed E-state index contributed by atoms with van der Waals surface area (Å²) in [7, 11) is 2.07. The van der Waals surface area contributed by atoms with Gasteiger partial charge in [-0.15, -0.1) is 11.3 Å². The fourth-order valence-electron chi connectivity index (χ4n) is 3.29. The van der Waals surface area contributed by atoms with Crippen molar-refractivity contribution in [3.63, 3.8) is 0 Å². The highest BCUT2D eigenvalue weighted by atomic mass is 35.5. The minimum atomic E-state index is 0.179. The topological polar surface area (TPSA) is 60.6 Å². The van der Waals surface area contributed by atoms with Crippen molar-refractivity contribution in [1.82, 2.24) is 14.9 Å². The summed E-state index contributed by atoms with van der Waals surface area (Å²) in [6.07, 6.45) is 0. The maximum atomic E-state index is 6.41. The Morgan fingerprint density at radius 3 is 2.57 bits per heavy atom. The lowest BCUT2D eigenvalue weighted by Gasteiger charge is -2.23. The molecule has 0 spiro atoms. The van der Waals surface area contributed by atoms with E-state index in [0.29, 0.717) is 34.5 Å². The van der Waals surface area contributed by atoms with Gasteiger partial charge < -0.3 is 13.9 Å². The third-order valence-electron chi connectivity index (χ3n) is 4.98. The summed E-state index contributed by atoms with van der Waals surface area (Å²) in [5, 5.41) is 1.61. The molecule has 0 amide bonds. The van der Waals surface area contributed by atoms with Crippen LogP contribution in [0.2, 0.25) is 5.02 Å². The predicted molar refractivity (Wildman–Crippen MR) is 109 cm³/mol. The van der Waals surface area contributed by atoms with E-state index in [4.69, 9.17) is 30.5 Å². The lowest BCUT2D eigenvalue weighted by atomic mass is 10.2. The van der Waals surface area contributed by atoms with Crippen molar-refractivity contribution in [2.75, 3.05) is 13.8 Å². The van der Waals surface area contributed by atoms with Crippen LogP contribution < -0.4 is 9.47 Å². The van der Waals surface area contributed by atoms with Crippen molar-refractivity contribution in [2.45, 2.75) is 40.3 Å². The first-order valence-electron chi connectivity index (χ1n) is 9.03. The normalized spacial score (nSPS) is 14.1. The highest BCUT2D eigenvalue weighted by Crippen LogP contribution is 2.41. The summed E-state index contributed by atoms with van der Waals surface area (Å²) in [4.78, 5) is 12.9. The number of hydrogen-bond donors (Lipinski definition) is 0. The quantitative estimate of drug-likeness (QED) is 0.559. The number of benzene rings is 1. The van der Waals surface area contributed by atoms with E-state index >= 15 is 0 Å². The largest absolute Gasteiger partial charge is 0.454 e. The minimum absolute atomic E-state index is 0.179. The van der Waals surface area contributed by atoms with Gasteiger partial charge in [-0.05, 0) is 40.8 Å². The molecule has 6 nitrogen and oxygen atoms in total. The molecule has 0 radical (unpaired) electrons. The van der Waals surface area contributed by atoms with Crippen LogP contribution in [0.3, 0.4) is 0 Å². The van der Waals surface area contributed by atoms with E-state index in [1.807, 2.05) is 19.9 Å². The Bertz CT molecular complexity index is 1030. The fraction of sp³-hybridized carbons (Fsp3) is 0.400. The zero-order valence-corrected chi connectivity index (χ0v) is 18.1. The molecule has 4 rings (SSSR count). The molecule has 0 aliphatic carbocycles. The van der Waals surface area contributed by atoms with Gasteiger partial charge in [0, 0.05) is 17.5 Å². The maximum absolute atomic E-state index is 6.41. The number of fused-ring (bicyclic) bond motifs is 1. The molecule has 28 heavy (non-hydrogen) atoms. The number of ether oxygens (including phenoxy) is 2. The molecule has 0 saturated heterocycles. The van der Waals surface area contributed by atoms with Gasteiger partial charge in [-0.2, -0.15) is 0 Å². The molecule has 148 valence electrons. The second-order valence-corrected chi connectivity index (χ2v) is 8.79. The Morgan fingerprint density at radius 2 is 1.89 bits per heavy atom. The van der Waals surface area contributed by atoms with E-state index in [9.17, 15) is 0 Å². The van der Waals surface area contributed by atoms with Crippen LogP contribution in [-0.2, 0) is 6.54 Å². The summed E-state index contributed by atoms with van der Waals surface area (Å²) in [6.45, 7) is 9.08. The van der Waals surface area contributed by atoms with Gasteiger partial charge in [-0.1, -0.05) is 11.6 Å². The van der Waals surface area contributed by atoms with Crippen LogP contribution in [-0.4, -0.2) is 28.7 Å². The fourth-order valence-corrected chi connectivity index (χ4v) is 4.43. The lowest BCUT2D eigenvalue weighted by Crippen LogP contribution is -2.23. The van der Waals surface area contributed by atoms with Gasteiger partial charge >= 0.3 is 0 Å². The molecule has 2 aromatic heterocycles. The smallest absolute Gasteiger partial charge is 0.231 e. The molecule has 1 aromatic carbocycles. The first kappa shape index (κ1) is 19.2. The Balaban J connectivity index is 1.57. The summed E-state index contributed by atoms with van der Waals surface area (Å²) >= 11 is 8.14. The van der Waals surface area contributed by atoms with Crippen LogP contribution in [0.5, 0.6) is 11.5 Å². The number of oxazole rings is 1. The third-order valence-corrected chi connectivity index (χ3v) is 6.20. The molecule has 0 saturated carbocycles. The average molecular weight is 420 g/mol. The van der Waals surface area contributed by atoms with Crippen LogP contribution in [0.4, 0.5) is 0 Å². The zero-order valence-electron chi connectivity index (χ0n) is 16.5. The molecule has 8 heteroatoms. The number of halogens is 1. The van der Waals surface area contributed by atoms with Crippen molar-refractivity contribution >= 4 is 22.9 Å². The van der Waals surface area contributed by atoms with Gasteiger partial charge in [0.15, 0.2) is 11.5 Å². The van der Waals surface area contributed by atoms with E-state index in [1.165, 1.54) is 4.88 Å². The molecule has 1 atom stereocenters. The van der Waals surface area contributed by atoms with Gasteiger partial charge in [0.25, 0.3) is 0 Å². The van der Waals surface area contributed by atoms with Crippen LogP contribution in [0.15, 0.2) is 16.5 Å². The van der Waals surface area contributed by atoms with E-state index in [2.05, 4.69) is 30.8 Å². The standard InChI is InChI=1S/C20H22ClN3O3S/c1-10(19-12(3)28-13(4)22-19)24(5)8-16-11(2)27-20(23-16)14-6-17-18(7-15(14)21)26-9-25-17/h6-7,10H,8-9H2,1-5H3/t10-/m1/s1. The molecular formula is C20H22ClN3O3S. The Morgan fingerprint density at radius 1 is 1.18 bits per heavy atom. The van der Waals surface area contributed by atoms with E-state index in [-0.39, 0.29) is 12.8 Å². The van der Waals surface area contributed by atoms with Gasteiger partial charge in [-0.25, -0.2) is 9.97 Å². The summed E-state index contributed by atoms with van der Waals surface area (Å²) in [5.74, 6) is 2.54. The molecular weight excluding hydrogens is 398 g/mol. The van der Waals surface area contributed by atoms with Crippen LogP contribution >= 0.6 is 22.9 Å². The molecule has 3 heterocycles. The van der Waals surface area contributed by atoms with Crippen molar-refractivity contribution in [3.8, 4) is 23.0 Å². The number of aryl methyl sites for hydroxylation is 3. The second kappa shape index (κ2) is 7.39. The SMILES string of the molecule is Cc1nc([C@@H](C)N(C)Cc2nc(-c3cc4c(cc3Cl)OCO4)oc2C)c(C)s1. The van der Waals surface area contributed by atoms with Gasteiger partial charge in [-0.3, -0.25) is 4.90 Å². The first-order chi connectivity index (χ1) is 13.3. The number of aromatic nitrogens is 2. The summed E-state index contributed by atoms with van der Waals surface area (Å²) < 4.78 is 16.7. The highest BCUT2D eigenvalue weighted by Gasteiger charge is 2.23. The summed E-state index contributed by atoms with van der Waals surface area (Å²) in [6, 6.07) is 3.73. The van der Waals surface area contributed by atoms with E-state index < -0.39 is 0 Å². The predicted octanol–water partition coefficient (Wildman–Crippen LogP) is 5.30. The van der Waals surface area contributed by atoms with Crippen LogP contribution in [0.25, 0.3) is 11.5 Å². The van der Waals surface area contributed by atoms with Gasteiger partial charge in [0.1, 0.15) is 5.76 Å². The monoisotopic (exact) mass is 419 g/mol. The molecule has 0 bridgehead atoms. The van der Waals surface area contributed by atoms with Crippen molar-refractivity contribution in [2.24, 2.45) is 0 Å². The molecule has 0 unspecified atom stereocenters. The third kappa shape index (κ3) is 3.50. The van der Waals surface area contributed by atoms with Gasteiger partial charge in [0.2, 0.25) is 12.7 Å². The van der Waals surface area contributed by atoms with Crippen molar-refractivity contribution < 1.29 is 13.9 Å². The molecule has 1 aliphatic rings.